The monoisotopic (exact) mass is 293 g/mol. The molecular weight excluding hydrogens is 282 g/mol. The predicted molar refractivity (Wildman–Crippen MR) is 72.1 cm³/mol. The summed E-state index contributed by atoms with van der Waals surface area (Å²) in [6, 6.07) is -0.514. The Bertz CT molecular complexity index is 634. The van der Waals surface area contributed by atoms with Crippen molar-refractivity contribution in [2.45, 2.75) is 13.0 Å². The lowest BCUT2D eigenvalue weighted by Gasteiger charge is -2.09. The Hall–Kier alpha value is -2.55. The number of carbonyl (C=O) groups excluding carboxylic acids is 1. The molecule has 0 aliphatic carbocycles. The number of carboxylic acid groups (broad SMARTS) is 1. The van der Waals surface area contributed by atoms with Crippen LogP contribution in [-0.4, -0.2) is 36.7 Å². The largest absolute Gasteiger partial charge is 0.478 e. The number of carboxylic acids is 1. The fraction of sp³-hybridized carbons (Fsp3) is 0.182. The number of rotatable bonds is 5. The fourth-order valence-corrected chi connectivity index (χ4v) is 2.04. The van der Waals surface area contributed by atoms with Gasteiger partial charge in [-0.3, -0.25) is 4.79 Å². The van der Waals surface area contributed by atoms with Gasteiger partial charge in [0.15, 0.2) is 5.13 Å². The molecule has 104 valence electrons. The number of aliphatic carboxylic acids is 1. The number of nitrogens with zero attached hydrogens (tertiary/aromatic N) is 4. The van der Waals surface area contributed by atoms with Crippen LogP contribution in [0.15, 0.2) is 24.9 Å². The first-order valence-corrected chi connectivity index (χ1v) is 6.39. The minimum atomic E-state index is -1.04. The highest BCUT2D eigenvalue weighted by molar-refractivity contribution is 7.16. The highest BCUT2D eigenvalue weighted by Gasteiger charge is 2.16. The normalized spacial score (nSPS) is 12.4. The highest BCUT2D eigenvalue weighted by Crippen LogP contribution is 2.20. The SMILES string of the molecule is CC(C(=O)Nc1ncc(C=CC(=O)O)s1)n1cncn1. The number of amides is 1. The van der Waals surface area contributed by atoms with E-state index in [1.165, 1.54) is 40.9 Å². The Labute approximate surface area is 117 Å². The van der Waals surface area contributed by atoms with Gasteiger partial charge in [0, 0.05) is 17.2 Å². The third kappa shape index (κ3) is 3.48. The fourth-order valence-electron chi connectivity index (χ4n) is 1.32. The van der Waals surface area contributed by atoms with Crippen LogP contribution in [0.2, 0.25) is 0 Å². The minimum Gasteiger partial charge on any atom is -0.478 e. The molecule has 1 atom stereocenters. The van der Waals surface area contributed by atoms with E-state index >= 15 is 0 Å². The zero-order valence-electron chi connectivity index (χ0n) is 10.4. The Morgan fingerprint density at radius 1 is 1.55 bits per heavy atom. The molecule has 0 saturated heterocycles. The van der Waals surface area contributed by atoms with Crippen LogP contribution in [0.1, 0.15) is 17.8 Å². The molecule has 0 bridgehead atoms. The van der Waals surface area contributed by atoms with Gasteiger partial charge in [-0.1, -0.05) is 11.3 Å². The van der Waals surface area contributed by atoms with Gasteiger partial charge in [-0.2, -0.15) is 5.10 Å². The Kier molecular flexibility index (Phi) is 4.20. The maximum absolute atomic E-state index is 11.9. The van der Waals surface area contributed by atoms with E-state index in [9.17, 15) is 9.59 Å². The van der Waals surface area contributed by atoms with Crippen molar-refractivity contribution in [1.29, 1.82) is 0 Å². The topological polar surface area (TPSA) is 110 Å². The highest BCUT2D eigenvalue weighted by atomic mass is 32.1. The average Bonchev–Trinajstić information content (AvgIpc) is 3.06. The van der Waals surface area contributed by atoms with E-state index in [1.54, 1.807) is 6.92 Å². The molecule has 1 amide bonds. The van der Waals surface area contributed by atoms with Gasteiger partial charge >= 0.3 is 5.97 Å². The zero-order valence-corrected chi connectivity index (χ0v) is 11.2. The number of aromatic nitrogens is 4. The van der Waals surface area contributed by atoms with E-state index in [-0.39, 0.29) is 5.91 Å². The van der Waals surface area contributed by atoms with Crippen LogP contribution in [0.25, 0.3) is 6.08 Å². The van der Waals surface area contributed by atoms with Gasteiger partial charge in [0.1, 0.15) is 18.7 Å². The second kappa shape index (κ2) is 6.06. The second-order valence-corrected chi connectivity index (χ2v) is 4.84. The van der Waals surface area contributed by atoms with Crippen LogP contribution < -0.4 is 5.32 Å². The molecule has 0 fully saturated rings. The summed E-state index contributed by atoms with van der Waals surface area (Å²) in [5.74, 6) is -1.32. The number of hydrogen-bond acceptors (Lipinski definition) is 6. The van der Waals surface area contributed by atoms with Crippen molar-refractivity contribution in [2.75, 3.05) is 5.32 Å². The van der Waals surface area contributed by atoms with Gasteiger partial charge in [0.2, 0.25) is 0 Å². The Morgan fingerprint density at radius 2 is 2.35 bits per heavy atom. The van der Waals surface area contributed by atoms with Crippen molar-refractivity contribution < 1.29 is 14.7 Å². The summed E-state index contributed by atoms with van der Waals surface area (Å²) >= 11 is 1.18. The van der Waals surface area contributed by atoms with Gasteiger partial charge < -0.3 is 10.4 Å². The van der Waals surface area contributed by atoms with Crippen molar-refractivity contribution in [3.05, 3.63) is 29.8 Å². The number of hydrogen-bond donors (Lipinski definition) is 2. The van der Waals surface area contributed by atoms with Gasteiger partial charge in [-0.15, -0.1) is 0 Å². The molecule has 0 spiro atoms. The predicted octanol–water partition coefficient (Wildman–Crippen LogP) is 1.03. The minimum absolute atomic E-state index is 0.279. The van der Waals surface area contributed by atoms with Crippen LogP contribution >= 0.6 is 11.3 Å². The summed E-state index contributed by atoms with van der Waals surface area (Å²) in [5, 5.41) is 15.4. The van der Waals surface area contributed by atoms with Crippen molar-refractivity contribution >= 4 is 34.4 Å². The van der Waals surface area contributed by atoms with Crippen LogP contribution in [0.3, 0.4) is 0 Å². The van der Waals surface area contributed by atoms with E-state index in [1.807, 2.05) is 0 Å². The van der Waals surface area contributed by atoms with Crippen LogP contribution in [-0.2, 0) is 9.59 Å². The van der Waals surface area contributed by atoms with Crippen LogP contribution in [0.5, 0.6) is 0 Å². The third-order valence-corrected chi connectivity index (χ3v) is 3.23. The molecule has 2 aromatic rings. The lowest BCUT2D eigenvalue weighted by molar-refractivity contribution is -0.131. The lowest BCUT2D eigenvalue weighted by atomic mass is 10.3. The number of thiazole rings is 1. The molecular formula is C11H11N5O3S. The smallest absolute Gasteiger partial charge is 0.328 e. The van der Waals surface area contributed by atoms with Crippen LogP contribution in [0.4, 0.5) is 5.13 Å². The first-order valence-electron chi connectivity index (χ1n) is 5.58. The standard InChI is InChI=1S/C11H11N5O3S/c1-7(16-6-12-5-14-16)10(19)15-11-13-4-8(20-11)2-3-9(17)18/h2-7H,1H3,(H,17,18)(H,13,15,19). The molecule has 2 rings (SSSR count). The molecule has 0 aliphatic rings. The molecule has 0 radical (unpaired) electrons. The molecule has 1 unspecified atom stereocenters. The molecule has 0 aromatic carbocycles. The molecule has 0 saturated carbocycles. The summed E-state index contributed by atoms with van der Waals surface area (Å²) in [5.41, 5.74) is 0. The van der Waals surface area contributed by atoms with Gasteiger partial charge in [0.05, 0.1) is 0 Å². The molecule has 0 aliphatic heterocycles. The summed E-state index contributed by atoms with van der Waals surface area (Å²) in [6.45, 7) is 1.68. The van der Waals surface area contributed by atoms with Crippen molar-refractivity contribution in [2.24, 2.45) is 0 Å². The molecule has 9 heteroatoms. The summed E-state index contributed by atoms with van der Waals surface area (Å²) in [7, 11) is 0. The third-order valence-electron chi connectivity index (χ3n) is 2.36. The van der Waals surface area contributed by atoms with Gasteiger partial charge in [0.25, 0.3) is 5.91 Å². The maximum Gasteiger partial charge on any atom is 0.328 e. The Morgan fingerprint density at radius 3 is 3.00 bits per heavy atom. The summed E-state index contributed by atoms with van der Waals surface area (Å²) < 4.78 is 1.42. The van der Waals surface area contributed by atoms with E-state index in [0.717, 1.165) is 6.08 Å². The maximum atomic E-state index is 11.9. The zero-order chi connectivity index (χ0) is 14.5. The van der Waals surface area contributed by atoms with Crippen LogP contribution in [0, 0.1) is 0 Å². The van der Waals surface area contributed by atoms with E-state index in [0.29, 0.717) is 10.0 Å². The Balaban J connectivity index is 2.00. The molecule has 20 heavy (non-hydrogen) atoms. The second-order valence-electron chi connectivity index (χ2n) is 3.78. The number of anilines is 1. The van der Waals surface area contributed by atoms with Crippen molar-refractivity contribution in [1.82, 2.24) is 19.7 Å². The molecule has 2 aromatic heterocycles. The van der Waals surface area contributed by atoms with E-state index in [2.05, 4.69) is 20.4 Å². The average molecular weight is 293 g/mol. The van der Waals surface area contributed by atoms with Crippen molar-refractivity contribution in [3.8, 4) is 0 Å². The van der Waals surface area contributed by atoms with Crippen molar-refractivity contribution in [3.63, 3.8) is 0 Å². The molecule has 8 nitrogen and oxygen atoms in total. The summed E-state index contributed by atoms with van der Waals surface area (Å²) in [4.78, 5) is 30.7. The quantitative estimate of drug-likeness (QED) is 0.797. The molecule has 2 N–H and O–H groups in total. The number of carbonyl (C=O) groups is 2. The van der Waals surface area contributed by atoms with E-state index < -0.39 is 12.0 Å². The lowest BCUT2D eigenvalue weighted by Crippen LogP contribution is -2.23. The van der Waals surface area contributed by atoms with Gasteiger partial charge in [-0.25, -0.2) is 19.4 Å². The van der Waals surface area contributed by atoms with Gasteiger partial charge in [-0.05, 0) is 13.0 Å². The first kappa shape index (κ1) is 13.9. The summed E-state index contributed by atoms with van der Waals surface area (Å²) in [6.07, 6.45) is 6.71. The molecule has 2 heterocycles. The first-order chi connectivity index (χ1) is 9.56. The number of nitrogens with one attached hydrogen (secondary N) is 1. The van der Waals surface area contributed by atoms with E-state index in [4.69, 9.17) is 5.11 Å².